The molecule has 0 amide bonds. The van der Waals surface area contributed by atoms with Crippen LogP contribution >= 0.6 is 0 Å². The maximum atomic E-state index is 13.7. The van der Waals surface area contributed by atoms with Gasteiger partial charge in [0, 0.05) is 11.6 Å². The molecule has 0 atom stereocenters. The van der Waals surface area contributed by atoms with Gasteiger partial charge in [-0.2, -0.15) is 0 Å². The molecule has 3 aromatic carbocycles. The summed E-state index contributed by atoms with van der Waals surface area (Å²) in [4.78, 5) is 25.2. The van der Waals surface area contributed by atoms with Crippen molar-refractivity contribution in [3.8, 4) is 17.2 Å². The molecule has 32 heavy (non-hydrogen) atoms. The molecule has 0 aliphatic heterocycles. The third-order valence-corrected chi connectivity index (χ3v) is 4.92. The van der Waals surface area contributed by atoms with E-state index in [1.165, 1.54) is 13.2 Å². The minimum absolute atomic E-state index is 0.113. The van der Waals surface area contributed by atoms with Crippen molar-refractivity contribution >= 4 is 22.5 Å². The number of aryl methyl sites for hydroxylation is 1. The van der Waals surface area contributed by atoms with E-state index < -0.39 is 5.97 Å². The van der Waals surface area contributed by atoms with Gasteiger partial charge in [-0.25, -0.2) is 4.79 Å². The lowest BCUT2D eigenvalue weighted by Gasteiger charge is -2.15. The maximum Gasteiger partial charge on any atom is 0.330 e. The van der Waals surface area contributed by atoms with Crippen molar-refractivity contribution in [2.24, 2.45) is 0 Å². The lowest BCUT2D eigenvalue weighted by Crippen LogP contribution is -2.08. The van der Waals surface area contributed by atoms with Crippen molar-refractivity contribution in [3.63, 3.8) is 0 Å². The smallest absolute Gasteiger partial charge is 0.330 e. The SMILES string of the molecule is CCOC(=O)C=CCOc1ccc2ccccc2c1C(=O)c1cc(C)c(OC)c(OC)c1. The summed E-state index contributed by atoms with van der Waals surface area (Å²) in [7, 11) is 3.10. The van der Waals surface area contributed by atoms with E-state index in [4.69, 9.17) is 18.9 Å². The van der Waals surface area contributed by atoms with Crippen molar-refractivity contribution < 1.29 is 28.5 Å². The van der Waals surface area contributed by atoms with Crippen LogP contribution in [0.2, 0.25) is 0 Å². The summed E-state index contributed by atoms with van der Waals surface area (Å²) in [6.07, 6.45) is 2.87. The third-order valence-electron chi connectivity index (χ3n) is 4.92. The number of ketones is 1. The van der Waals surface area contributed by atoms with E-state index in [0.29, 0.717) is 35.0 Å². The van der Waals surface area contributed by atoms with Crippen LogP contribution in [0.25, 0.3) is 10.8 Å². The van der Waals surface area contributed by atoms with Gasteiger partial charge in [0.15, 0.2) is 17.3 Å². The van der Waals surface area contributed by atoms with Crippen LogP contribution in [-0.4, -0.2) is 39.2 Å². The van der Waals surface area contributed by atoms with Gasteiger partial charge in [0.1, 0.15) is 12.4 Å². The molecule has 0 heterocycles. The van der Waals surface area contributed by atoms with Gasteiger partial charge in [-0.15, -0.1) is 0 Å². The first kappa shape index (κ1) is 22.9. The summed E-state index contributed by atoms with van der Waals surface area (Å²) in [6.45, 7) is 4.02. The standard InChI is InChI=1S/C26H26O6/c1-5-31-23(27)11-8-14-32-21-13-12-18-9-6-7-10-20(18)24(21)25(28)19-15-17(2)26(30-4)22(16-19)29-3/h6-13,15-16H,5,14H2,1-4H3. The van der Waals surface area contributed by atoms with Crippen molar-refractivity contribution in [2.75, 3.05) is 27.4 Å². The number of ether oxygens (including phenoxy) is 4. The monoisotopic (exact) mass is 434 g/mol. The highest BCUT2D eigenvalue weighted by molar-refractivity contribution is 6.18. The molecule has 0 fully saturated rings. The first-order chi connectivity index (χ1) is 15.5. The Morgan fingerprint density at radius 3 is 2.47 bits per heavy atom. The van der Waals surface area contributed by atoms with E-state index in [2.05, 4.69) is 0 Å². The van der Waals surface area contributed by atoms with Crippen LogP contribution < -0.4 is 14.2 Å². The molecule has 0 saturated carbocycles. The first-order valence-corrected chi connectivity index (χ1v) is 10.2. The number of esters is 1. The van der Waals surface area contributed by atoms with Crippen LogP contribution in [0.1, 0.15) is 28.4 Å². The van der Waals surface area contributed by atoms with E-state index in [9.17, 15) is 9.59 Å². The Labute approximate surface area is 187 Å². The molecule has 0 aliphatic carbocycles. The van der Waals surface area contributed by atoms with E-state index in [1.54, 1.807) is 38.3 Å². The van der Waals surface area contributed by atoms with Crippen LogP contribution in [0.4, 0.5) is 0 Å². The van der Waals surface area contributed by atoms with Crippen molar-refractivity contribution in [1.29, 1.82) is 0 Å². The number of methoxy groups -OCH3 is 2. The second kappa shape index (κ2) is 10.5. The summed E-state index contributed by atoms with van der Waals surface area (Å²) >= 11 is 0. The molecule has 0 radical (unpaired) electrons. The Bertz CT molecular complexity index is 1160. The molecule has 6 heteroatoms. The molecule has 0 aromatic heterocycles. The number of hydrogen-bond acceptors (Lipinski definition) is 6. The van der Waals surface area contributed by atoms with Crippen LogP contribution in [0.5, 0.6) is 17.2 Å². The fourth-order valence-electron chi connectivity index (χ4n) is 3.51. The van der Waals surface area contributed by atoms with Crippen LogP contribution in [0.15, 0.2) is 60.7 Å². The average Bonchev–Trinajstić information content (AvgIpc) is 2.80. The van der Waals surface area contributed by atoms with Gasteiger partial charge in [-0.3, -0.25) is 4.79 Å². The molecular weight excluding hydrogens is 408 g/mol. The molecule has 0 aliphatic rings. The molecule has 6 nitrogen and oxygen atoms in total. The Kier molecular flexibility index (Phi) is 7.49. The zero-order chi connectivity index (χ0) is 23.1. The van der Waals surface area contributed by atoms with Crippen molar-refractivity contribution in [3.05, 3.63) is 77.4 Å². The number of fused-ring (bicyclic) bond motifs is 1. The van der Waals surface area contributed by atoms with E-state index in [1.807, 2.05) is 37.3 Å². The van der Waals surface area contributed by atoms with Gasteiger partial charge in [0.25, 0.3) is 0 Å². The van der Waals surface area contributed by atoms with Crippen LogP contribution in [0.3, 0.4) is 0 Å². The molecule has 3 aromatic rings. The zero-order valence-corrected chi connectivity index (χ0v) is 18.6. The number of benzene rings is 3. The minimum atomic E-state index is -0.438. The summed E-state index contributed by atoms with van der Waals surface area (Å²) < 4.78 is 21.6. The van der Waals surface area contributed by atoms with Gasteiger partial charge < -0.3 is 18.9 Å². The second-order valence-electron chi connectivity index (χ2n) is 6.98. The molecule has 0 unspecified atom stereocenters. The molecule has 3 rings (SSSR count). The third kappa shape index (κ3) is 4.91. The Hall–Kier alpha value is -3.80. The Morgan fingerprint density at radius 2 is 1.75 bits per heavy atom. The van der Waals surface area contributed by atoms with E-state index >= 15 is 0 Å². The van der Waals surface area contributed by atoms with E-state index in [0.717, 1.165) is 16.3 Å². The lowest BCUT2D eigenvalue weighted by atomic mass is 9.95. The quantitative estimate of drug-likeness (QED) is 0.271. The van der Waals surface area contributed by atoms with Gasteiger partial charge in [-0.05, 0) is 54.5 Å². The fraction of sp³-hybridized carbons (Fsp3) is 0.231. The summed E-state index contributed by atoms with van der Waals surface area (Å²) in [5.41, 5.74) is 1.69. The molecule has 166 valence electrons. The lowest BCUT2D eigenvalue weighted by molar-refractivity contribution is -0.137. The largest absolute Gasteiger partial charge is 0.493 e. The zero-order valence-electron chi connectivity index (χ0n) is 18.6. The summed E-state index contributed by atoms with van der Waals surface area (Å²) in [5.74, 6) is 0.857. The highest BCUT2D eigenvalue weighted by Gasteiger charge is 2.21. The second-order valence-corrected chi connectivity index (χ2v) is 6.98. The normalized spacial score (nSPS) is 10.9. The highest BCUT2D eigenvalue weighted by atomic mass is 16.5. The van der Waals surface area contributed by atoms with Crippen LogP contribution in [0, 0.1) is 6.92 Å². The predicted octanol–water partition coefficient (Wildman–Crippen LogP) is 4.89. The van der Waals surface area contributed by atoms with Crippen LogP contribution in [-0.2, 0) is 9.53 Å². The summed E-state index contributed by atoms with van der Waals surface area (Å²) in [5, 5.41) is 1.69. The van der Waals surface area contributed by atoms with Gasteiger partial charge in [-0.1, -0.05) is 30.3 Å². The number of carbonyl (C=O) groups is 2. The number of rotatable bonds is 9. The van der Waals surface area contributed by atoms with E-state index in [-0.39, 0.29) is 12.4 Å². The molecule has 0 N–H and O–H groups in total. The van der Waals surface area contributed by atoms with Gasteiger partial charge >= 0.3 is 5.97 Å². The Balaban J connectivity index is 2.02. The molecule has 0 spiro atoms. The first-order valence-electron chi connectivity index (χ1n) is 10.2. The fourth-order valence-corrected chi connectivity index (χ4v) is 3.51. The van der Waals surface area contributed by atoms with Crippen molar-refractivity contribution in [1.82, 2.24) is 0 Å². The highest BCUT2D eigenvalue weighted by Crippen LogP contribution is 2.35. The minimum Gasteiger partial charge on any atom is -0.493 e. The number of carbonyl (C=O) groups excluding carboxylic acids is 2. The topological polar surface area (TPSA) is 71.1 Å². The molecule has 0 bridgehead atoms. The summed E-state index contributed by atoms with van der Waals surface area (Å²) in [6, 6.07) is 14.7. The molecule has 0 saturated heterocycles. The van der Waals surface area contributed by atoms with Gasteiger partial charge in [0.2, 0.25) is 0 Å². The number of hydrogen-bond donors (Lipinski definition) is 0. The van der Waals surface area contributed by atoms with Gasteiger partial charge in [0.05, 0.1) is 26.4 Å². The molecular formula is C26H26O6. The maximum absolute atomic E-state index is 13.7. The average molecular weight is 434 g/mol. The predicted molar refractivity (Wildman–Crippen MR) is 123 cm³/mol. The van der Waals surface area contributed by atoms with Crippen molar-refractivity contribution in [2.45, 2.75) is 13.8 Å². The Morgan fingerprint density at radius 1 is 0.969 bits per heavy atom.